The molecule has 5 heteroatoms. The maximum atomic E-state index is 9.63. The van der Waals surface area contributed by atoms with Crippen LogP contribution in [0.1, 0.15) is 25.5 Å². The molecule has 1 unspecified atom stereocenters. The van der Waals surface area contributed by atoms with Crippen LogP contribution in [0.15, 0.2) is 24.5 Å². The van der Waals surface area contributed by atoms with E-state index in [0.29, 0.717) is 5.92 Å². The highest BCUT2D eigenvalue weighted by molar-refractivity contribution is 6.30. The molecule has 1 aliphatic rings. The van der Waals surface area contributed by atoms with Gasteiger partial charge in [0.2, 0.25) is 0 Å². The number of aliphatic hydroxyl groups excluding tert-OH is 1. The number of halogens is 1. The van der Waals surface area contributed by atoms with E-state index in [1.54, 1.807) is 0 Å². The minimum Gasteiger partial charge on any atom is -0.393 e. The van der Waals surface area contributed by atoms with Crippen molar-refractivity contribution < 1.29 is 5.11 Å². The van der Waals surface area contributed by atoms with E-state index in [1.165, 1.54) is 0 Å². The molecule has 2 aromatic rings. The van der Waals surface area contributed by atoms with Crippen LogP contribution in [0.3, 0.4) is 0 Å². The normalized spacial score (nSPS) is 19.6. The van der Waals surface area contributed by atoms with Crippen molar-refractivity contribution in [3.8, 4) is 0 Å². The summed E-state index contributed by atoms with van der Waals surface area (Å²) in [6, 6.07) is 3.80. The summed E-state index contributed by atoms with van der Waals surface area (Å²) in [6.07, 6.45) is 5.87. The largest absolute Gasteiger partial charge is 0.393 e. The summed E-state index contributed by atoms with van der Waals surface area (Å²) in [5, 5.41) is 10.3. The highest BCUT2D eigenvalue weighted by Gasteiger charge is 2.22. The molecule has 108 valence electrons. The zero-order valence-corrected chi connectivity index (χ0v) is 12.4. The number of likely N-dealkylation sites (tertiary alicyclic amines) is 1. The van der Waals surface area contributed by atoms with Crippen molar-refractivity contribution in [1.82, 2.24) is 14.3 Å². The summed E-state index contributed by atoms with van der Waals surface area (Å²) in [5.41, 5.74) is 2.01. The number of hydrogen-bond donors (Lipinski definition) is 1. The molecule has 1 saturated heterocycles. The number of fused-ring (bicyclic) bond motifs is 1. The second-order valence-corrected chi connectivity index (χ2v) is 6.14. The molecule has 1 aliphatic heterocycles. The van der Waals surface area contributed by atoms with E-state index >= 15 is 0 Å². The second-order valence-electron chi connectivity index (χ2n) is 5.70. The summed E-state index contributed by atoms with van der Waals surface area (Å²) in [5.74, 6) is 0.450. The average Bonchev–Trinajstić information content (AvgIpc) is 2.80. The Labute approximate surface area is 124 Å². The van der Waals surface area contributed by atoms with Crippen molar-refractivity contribution in [3.63, 3.8) is 0 Å². The molecule has 3 heterocycles. The smallest absolute Gasteiger partial charge is 0.137 e. The fourth-order valence-corrected chi connectivity index (χ4v) is 3.08. The zero-order chi connectivity index (χ0) is 14.1. The van der Waals surface area contributed by atoms with Crippen LogP contribution in [0.2, 0.25) is 5.02 Å². The van der Waals surface area contributed by atoms with Crippen molar-refractivity contribution >= 4 is 17.2 Å². The van der Waals surface area contributed by atoms with Crippen molar-refractivity contribution in [3.05, 3.63) is 35.2 Å². The SMILES string of the molecule is CC(O)C1CCN(Cc2cn3cc(Cl)ccc3n2)CC1. The Morgan fingerprint density at radius 1 is 1.35 bits per heavy atom. The third kappa shape index (κ3) is 2.97. The summed E-state index contributed by atoms with van der Waals surface area (Å²) >= 11 is 5.98. The van der Waals surface area contributed by atoms with Crippen LogP contribution in [0.5, 0.6) is 0 Å². The molecule has 0 bridgehead atoms. The van der Waals surface area contributed by atoms with Gasteiger partial charge in [-0.05, 0) is 50.9 Å². The first-order chi connectivity index (χ1) is 9.61. The van der Waals surface area contributed by atoms with Gasteiger partial charge in [-0.15, -0.1) is 0 Å². The maximum Gasteiger partial charge on any atom is 0.137 e. The molecule has 4 nitrogen and oxygen atoms in total. The van der Waals surface area contributed by atoms with Crippen LogP contribution < -0.4 is 0 Å². The van der Waals surface area contributed by atoms with Gasteiger partial charge in [-0.25, -0.2) is 4.98 Å². The van der Waals surface area contributed by atoms with E-state index in [0.717, 1.165) is 48.8 Å². The van der Waals surface area contributed by atoms with Gasteiger partial charge in [0.1, 0.15) is 5.65 Å². The molecule has 1 fully saturated rings. The molecule has 0 saturated carbocycles. The van der Waals surface area contributed by atoms with Crippen molar-refractivity contribution in [1.29, 1.82) is 0 Å². The van der Waals surface area contributed by atoms with Gasteiger partial charge in [0, 0.05) is 18.9 Å². The van der Waals surface area contributed by atoms with E-state index in [1.807, 2.05) is 35.9 Å². The molecule has 3 rings (SSSR count). The highest BCUT2D eigenvalue weighted by atomic mass is 35.5. The lowest BCUT2D eigenvalue weighted by Crippen LogP contribution is -2.36. The van der Waals surface area contributed by atoms with E-state index in [2.05, 4.69) is 9.88 Å². The van der Waals surface area contributed by atoms with Crippen LogP contribution in [0.25, 0.3) is 5.65 Å². The van der Waals surface area contributed by atoms with Crippen molar-refractivity contribution in [2.24, 2.45) is 5.92 Å². The lowest BCUT2D eigenvalue weighted by molar-refractivity contribution is 0.0692. The van der Waals surface area contributed by atoms with E-state index in [4.69, 9.17) is 11.6 Å². The number of pyridine rings is 1. The first kappa shape index (κ1) is 13.9. The number of rotatable bonds is 3. The Kier molecular flexibility index (Phi) is 3.96. The van der Waals surface area contributed by atoms with Gasteiger partial charge in [0.05, 0.1) is 16.8 Å². The summed E-state index contributed by atoms with van der Waals surface area (Å²) < 4.78 is 1.97. The Morgan fingerprint density at radius 2 is 2.10 bits per heavy atom. The molecule has 0 radical (unpaired) electrons. The van der Waals surface area contributed by atoms with Gasteiger partial charge in [-0.1, -0.05) is 11.6 Å². The Morgan fingerprint density at radius 3 is 2.80 bits per heavy atom. The molecule has 20 heavy (non-hydrogen) atoms. The Balaban J connectivity index is 1.65. The van der Waals surface area contributed by atoms with Crippen molar-refractivity contribution in [2.75, 3.05) is 13.1 Å². The Hall–Kier alpha value is -1.10. The van der Waals surface area contributed by atoms with Gasteiger partial charge >= 0.3 is 0 Å². The minimum absolute atomic E-state index is 0.186. The van der Waals surface area contributed by atoms with E-state index < -0.39 is 0 Å². The third-order valence-corrected chi connectivity index (χ3v) is 4.39. The Bertz CT molecular complexity index is 588. The van der Waals surface area contributed by atoms with Crippen LogP contribution in [0.4, 0.5) is 0 Å². The highest BCUT2D eigenvalue weighted by Crippen LogP contribution is 2.22. The summed E-state index contributed by atoms with van der Waals surface area (Å²) in [4.78, 5) is 7.02. The van der Waals surface area contributed by atoms with Gasteiger partial charge in [0.25, 0.3) is 0 Å². The molecule has 1 atom stereocenters. The van der Waals surface area contributed by atoms with Crippen molar-refractivity contribution in [2.45, 2.75) is 32.4 Å². The lowest BCUT2D eigenvalue weighted by atomic mass is 9.92. The number of hydrogen-bond acceptors (Lipinski definition) is 3. The number of nitrogens with zero attached hydrogens (tertiary/aromatic N) is 3. The molecule has 0 aliphatic carbocycles. The summed E-state index contributed by atoms with van der Waals surface area (Å²) in [6.45, 7) is 4.83. The molecule has 0 aromatic carbocycles. The topological polar surface area (TPSA) is 40.8 Å². The second kappa shape index (κ2) is 5.72. The van der Waals surface area contributed by atoms with Crippen LogP contribution in [-0.4, -0.2) is 38.6 Å². The molecular formula is C15H20ClN3O. The molecular weight excluding hydrogens is 274 g/mol. The number of aromatic nitrogens is 2. The average molecular weight is 294 g/mol. The standard InChI is InChI=1S/C15H20ClN3O/c1-11(20)12-4-6-18(7-5-12)9-14-10-19-8-13(16)2-3-15(19)17-14/h2-3,8,10-12,20H,4-7,9H2,1H3. The maximum absolute atomic E-state index is 9.63. The van der Waals surface area contributed by atoms with Gasteiger partial charge in [-0.2, -0.15) is 0 Å². The van der Waals surface area contributed by atoms with Gasteiger partial charge in [-0.3, -0.25) is 4.90 Å². The molecule has 0 spiro atoms. The number of aliphatic hydroxyl groups is 1. The number of imidazole rings is 1. The molecule has 0 amide bonds. The van der Waals surface area contributed by atoms with Gasteiger partial charge in [0.15, 0.2) is 0 Å². The fraction of sp³-hybridized carbons (Fsp3) is 0.533. The quantitative estimate of drug-likeness (QED) is 0.946. The fourth-order valence-electron chi connectivity index (χ4n) is 2.92. The first-order valence-corrected chi connectivity index (χ1v) is 7.53. The predicted octanol–water partition coefficient (Wildman–Crippen LogP) is 2.58. The minimum atomic E-state index is -0.186. The van der Waals surface area contributed by atoms with E-state index in [9.17, 15) is 5.11 Å². The predicted molar refractivity (Wildman–Crippen MR) is 79.9 cm³/mol. The van der Waals surface area contributed by atoms with Crippen LogP contribution in [0, 0.1) is 5.92 Å². The first-order valence-electron chi connectivity index (χ1n) is 7.15. The summed E-state index contributed by atoms with van der Waals surface area (Å²) in [7, 11) is 0. The van der Waals surface area contributed by atoms with Gasteiger partial charge < -0.3 is 9.51 Å². The monoisotopic (exact) mass is 293 g/mol. The van der Waals surface area contributed by atoms with Crippen LogP contribution >= 0.6 is 11.6 Å². The lowest BCUT2D eigenvalue weighted by Gasteiger charge is -2.32. The van der Waals surface area contributed by atoms with E-state index in [-0.39, 0.29) is 6.10 Å². The molecule has 2 aromatic heterocycles. The number of piperidine rings is 1. The zero-order valence-electron chi connectivity index (χ0n) is 11.7. The van der Waals surface area contributed by atoms with Crippen LogP contribution in [-0.2, 0) is 6.54 Å². The molecule has 1 N–H and O–H groups in total. The third-order valence-electron chi connectivity index (χ3n) is 4.16.